The number of amides is 1. The minimum atomic E-state index is -1.11. The van der Waals surface area contributed by atoms with Gasteiger partial charge in [-0.2, -0.15) is 0 Å². The van der Waals surface area contributed by atoms with E-state index in [0.29, 0.717) is 27.7 Å². The Balaban J connectivity index is 1.49. The Hall–Kier alpha value is -4.37. The van der Waals surface area contributed by atoms with Crippen molar-refractivity contribution in [2.24, 2.45) is 5.41 Å². The molecular weight excluding hydrogens is 522 g/mol. The highest BCUT2D eigenvalue weighted by Crippen LogP contribution is 2.40. The largest absolute Gasteiger partial charge is 0.478 e. The summed E-state index contributed by atoms with van der Waals surface area (Å²) in [4.78, 5) is 51.7. The lowest BCUT2D eigenvalue weighted by atomic mass is 9.85. The number of rotatable bonds is 7. The predicted octanol–water partition coefficient (Wildman–Crippen LogP) is 5.64. The molecule has 9 nitrogen and oxygen atoms in total. The van der Waals surface area contributed by atoms with Crippen molar-refractivity contribution in [1.82, 2.24) is 0 Å². The van der Waals surface area contributed by atoms with Gasteiger partial charge in [0.25, 0.3) is 16.8 Å². The standard InChI is InChI=1S/C29H26ClN3O6/c1-14-8-11-20(39-14)26(29(2,3)4)32-23-22(24(34)25(23)35)31-19-10-9-18(30)17-13-33(27(36)21(17)19)16-7-5-6-15(12-16)28(37)38/h5-12,26,31-32H,13H2,1-4H3,(H,37,38)/t26-/m0/s1. The van der Waals surface area contributed by atoms with Crippen molar-refractivity contribution in [3.8, 4) is 0 Å². The van der Waals surface area contributed by atoms with Crippen LogP contribution in [0, 0.1) is 12.3 Å². The molecular formula is C29H26ClN3O6. The number of anilines is 4. The zero-order chi connectivity index (χ0) is 28.2. The van der Waals surface area contributed by atoms with Crippen LogP contribution in [0.15, 0.2) is 62.5 Å². The number of carbonyl (C=O) groups is 2. The van der Waals surface area contributed by atoms with E-state index in [1.54, 1.807) is 24.3 Å². The molecule has 39 heavy (non-hydrogen) atoms. The van der Waals surface area contributed by atoms with Crippen LogP contribution >= 0.6 is 11.6 Å². The lowest BCUT2D eigenvalue weighted by Gasteiger charge is -2.31. The Morgan fingerprint density at radius 3 is 2.41 bits per heavy atom. The summed E-state index contributed by atoms with van der Waals surface area (Å²) in [6, 6.07) is 12.5. The first-order valence-electron chi connectivity index (χ1n) is 12.3. The Labute approximate surface area is 228 Å². The quantitative estimate of drug-likeness (QED) is 0.254. The van der Waals surface area contributed by atoms with Gasteiger partial charge in [-0.1, -0.05) is 38.4 Å². The van der Waals surface area contributed by atoms with E-state index in [1.165, 1.54) is 17.0 Å². The minimum absolute atomic E-state index is 0.0419. The third-order valence-electron chi connectivity index (χ3n) is 6.81. The molecule has 3 N–H and O–H groups in total. The molecule has 1 atom stereocenters. The highest BCUT2D eigenvalue weighted by atomic mass is 35.5. The highest BCUT2D eigenvalue weighted by molar-refractivity contribution is 6.33. The molecule has 1 aliphatic rings. The van der Waals surface area contributed by atoms with Crippen molar-refractivity contribution in [3.05, 3.63) is 102 Å². The molecule has 200 valence electrons. The number of halogens is 1. The van der Waals surface area contributed by atoms with Gasteiger partial charge in [0.1, 0.15) is 22.9 Å². The third kappa shape index (κ3) is 4.59. The number of aromatic carboxylic acids is 1. The fourth-order valence-electron chi connectivity index (χ4n) is 4.76. The van der Waals surface area contributed by atoms with Crippen molar-refractivity contribution < 1.29 is 19.1 Å². The van der Waals surface area contributed by atoms with Gasteiger partial charge in [-0.05, 0) is 54.8 Å². The molecule has 0 aliphatic carbocycles. The van der Waals surface area contributed by atoms with E-state index in [2.05, 4.69) is 10.6 Å². The summed E-state index contributed by atoms with van der Waals surface area (Å²) in [5, 5.41) is 15.9. The first kappa shape index (κ1) is 26.2. The molecule has 0 fully saturated rings. The smallest absolute Gasteiger partial charge is 0.335 e. The summed E-state index contributed by atoms with van der Waals surface area (Å²) in [7, 11) is 0. The van der Waals surface area contributed by atoms with Gasteiger partial charge in [0.2, 0.25) is 0 Å². The topological polar surface area (TPSA) is 129 Å². The SMILES string of the molecule is Cc1ccc([C@H](Nc2c(Nc3ccc(Cl)c4c3C(=O)N(c3cccc(C(=O)O)c3)C4)c(=O)c2=O)C(C)(C)C)o1. The van der Waals surface area contributed by atoms with Gasteiger partial charge in [-0.25, -0.2) is 4.79 Å². The first-order valence-corrected chi connectivity index (χ1v) is 12.6. The number of fused-ring (bicyclic) bond motifs is 1. The summed E-state index contributed by atoms with van der Waals surface area (Å²) >= 11 is 6.44. The van der Waals surface area contributed by atoms with Crippen LogP contribution in [-0.4, -0.2) is 17.0 Å². The average Bonchev–Trinajstić information content (AvgIpc) is 3.47. The monoisotopic (exact) mass is 547 g/mol. The molecule has 0 saturated carbocycles. The van der Waals surface area contributed by atoms with Crippen molar-refractivity contribution in [2.45, 2.75) is 40.3 Å². The number of carbonyl (C=O) groups excluding carboxylic acids is 1. The predicted molar refractivity (Wildman–Crippen MR) is 149 cm³/mol. The zero-order valence-electron chi connectivity index (χ0n) is 21.7. The number of furan rings is 1. The molecule has 0 spiro atoms. The van der Waals surface area contributed by atoms with Crippen LogP contribution in [0.4, 0.5) is 22.7 Å². The maximum absolute atomic E-state index is 13.5. The Morgan fingerprint density at radius 1 is 1.05 bits per heavy atom. The molecule has 2 heterocycles. The highest BCUT2D eigenvalue weighted by Gasteiger charge is 2.36. The van der Waals surface area contributed by atoms with Crippen LogP contribution in [0.25, 0.3) is 0 Å². The van der Waals surface area contributed by atoms with Gasteiger partial charge < -0.3 is 25.1 Å². The fraction of sp³-hybridized carbons (Fsp3) is 0.241. The van der Waals surface area contributed by atoms with Gasteiger partial charge in [0, 0.05) is 16.3 Å². The number of nitrogens with zero attached hydrogens (tertiary/aromatic N) is 1. The molecule has 0 bridgehead atoms. The first-order chi connectivity index (χ1) is 18.4. The third-order valence-corrected chi connectivity index (χ3v) is 7.16. The average molecular weight is 548 g/mol. The Morgan fingerprint density at radius 2 is 1.77 bits per heavy atom. The second-order valence-electron chi connectivity index (χ2n) is 10.6. The maximum Gasteiger partial charge on any atom is 0.335 e. The molecule has 1 aromatic heterocycles. The summed E-state index contributed by atoms with van der Waals surface area (Å²) in [6.45, 7) is 7.90. The summed E-state index contributed by atoms with van der Waals surface area (Å²) in [5.41, 5.74) is -0.0702. The molecule has 4 aromatic rings. The summed E-state index contributed by atoms with van der Waals surface area (Å²) in [6.07, 6.45) is 0. The van der Waals surface area contributed by atoms with Crippen LogP contribution in [-0.2, 0) is 6.54 Å². The van der Waals surface area contributed by atoms with Crippen molar-refractivity contribution in [2.75, 3.05) is 15.5 Å². The molecule has 1 amide bonds. The number of benzene rings is 2. The van der Waals surface area contributed by atoms with Crippen LogP contribution in [0.2, 0.25) is 5.02 Å². The minimum Gasteiger partial charge on any atom is -0.478 e. The maximum atomic E-state index is 13.5. The van der Waals surface area contributed by atoms with Crippen LogP contribution in [0.1, 0.15) is 64.6 Å². The Kier molecular flexibility index (Phi) is 6.34. The second-order valence-corrected chi connectivity index (χ2v) is 11.0. The van der Waals surface area contributed by atoms with Crippen molar-refractivity contribution in [3.63, 3.8) is 0 Å². The van der Waals surface area contributed by atoms with Gasteiger partial charge in [-0.15, -0.1) is 0 Å². The number of carboxylic acids is 1. The number of carboxylic acid groups (broad SMARTS) is 1. The molecule has 1 aliphatic heterocycles. The van der Waals surface area contributed by atoms with Crippen molar-refractivity contribution >= 4 is 46.2 Å². The number of nitrogens with one attached hydrogen (secondary N) is 2. The fourth-order valence-corrected chi connectivity index (χ4v) is 4.97. The lowest BCUT2D eigenvalue weighted by molar-refractivity contribution is 0.0696. The zero-order valence-corrected chi connectivity index (χ0v) is 22.5. The lowest BCUT2D eigenvalue weighted by Crippen LogP contribution is -2.39. The number of hydrogen-bond acceptors (Lipinski definition) is 7. The van der Waals surface area contributed by atoms with Gasteiger partial charge in [-0.3, -0.25) is 14.4 Å². The van der Waals surface area contributed by atoms with E-state index in [9.17, 15) is 24.3 Å². The van der Waals surface area contributed by atoms with Crippen LogP contribution in [0.5, 0.6) is 0 Å². The molecule has 5 rings (SSSR count). The number of aryl methyl sites for hydroxylation is 1. The van der Waals surface area contributed by atoms with Gasteiger partial charge >= 0.3 is 5.97 Å². The summed E-state index contributed by atoms with van der Waals surface area (Å²) < 4.78 is 5.82. The van der Waals surface area contributed by atoms with E-state index in [1.807, 2.05) is 39.8 Å². The van der Waals surface area contributed by atoms with E-state index >= 15 is 0 Å². The molecule has 10 heteroatoms. The second kappa shape index (κ2) is 9.43. The van der Waals surface area contributed by atoms with E-state index in [4.69, 9.17) is 16.0 Å². The molecule has 0 saturated heterocycles. The normalized spacial score (nSPS) is 14.0. The van der Waals surface area contributed by atoms with Gasteiger partial charge in [0.05, 0.1) is 29.4 Å². The molecule has 0 radical (unpaired) electrons. The van der Waals surface area contributed by atoms with E-state index in [-0.39, 0.29) is 34.5 Å². The van der Waals surface area contributed by atoms with E-state index in [0.717, 1.165) is 5.76 Å². The Bertz CT molecular complexity index is 1710. The molecule has 0 unspecified atom stereocenters. The van der Waals surface area contributed by atoms with E-state index < -0.39 is 28.8 Å². The summed E-state index contributed by atoms with van der Waals surface area (Å²) in [5.74, 6) is -0.178. The molecule has 3 aromatic carbocycles. The van der Waals surface area contributed by atoms with Gasteiger partial charge in [0.15, 0.2) is 0 Å². The van der Waals surface area contributed by atoms with Crippen LogP contribution in [0.3, 0.4) is 0 Å². The van der Waals surface area contributed by atoms with Crippen molar-refractivity contribution in [1.29, 1.82) is 0 Å². The van der Waals surface area contributed by atoms with Crippen LogP contribution < -0.4 is 26.4 Å². The number of hydrogen-bond donors (Lipinski definition) is 3.